The van der Waals surface area contributed by atoms with E-state index in [2.05, 4.69) is 17.1 Å². The number of hydrogen-bond acceptors (Lipinski definition) is 4. The van der Waals surface area contributed by atoms with Gasteiger partial charge in [-0.15, -0.1) is 0 Å². The number of rotatable bonds is 2. The van der Waals surface area contributed by atoms with Gasteiger partial charge in [0.15, 0.2) is 0 Å². The molecule has 6 nitrogen and oxygen atoms in total. The van der Waals surface area contributed by atoms with Crippen LogP contribution in [0.1, 0.15) is 21.6 Å². The van der Waals surface area contributed by atoms with Crippen LogP contribution in [0.15, 0.2) is 48.7 Å². The van der Waals surface area contributed by atoms with Gasteiger partial charge in [0.25, 0.3) is 5.91 Å². The van der Waals surface area contributed by atoms with Crippen LogP contribution in [0.4, 0.5) is 5.82 Å². The van der Waals surface area contributed by atoms with Crippen molar-refractivity contribution >= 4 is 11.7 Å². The first kappa shape index (κ1) is 16.3. The van der Waals surface area contributed by atoms with Gasteiger partial charge in [0.2, 0.25) is 0 Å². The fourth-order valence-electron chi connectivity index (χ4n) is 3.52. The average molecular weight is 347 g/mol. The maximum atomic E-state index is 12.8. The molecule has 0 fully saturated rings. The van der Waals surface area contributed by atoms with Gasteiger partial charge in [0.05, 0.1) is 11.3 Å². The van der Waals surface area contributed by atoms with Gasteiger partial charge in [-0.3, -0.25) is 9.48 Å². The fourth-order valence-corrected chi connectivity index (χ4v) is 3.52. The molecule has 3 aromatic rings. The van der Waals surface area contributed by atoms with Crippen LogP contribution in [0.2, 0.25) is 0 Å². The molecule has 132 valence electrons. The van der Waals surface area contributed by atoms with Crippen LogP contribution in [0, 0.1) is 0 Å². The number of nitrogens with zero attached hydrogens (tertiary/aromatic N) is 4. The van der Waals surface area contributed by atoms with E-state index in [1.54, 1.807) is 18.3 Å². The van der Waals surface area contributed by atoms with Crippen molar-refractivity contribution in [1.29, 1.82) is 0 Å². The van der Waals surface area contributed by atoms with Crippen molar-refractivity contribution in [3.05, 3.63) is 65.5 Å². The molecule has 0 saturated heterocycles. The second-order valence-corrected chi connectivity index (χ2v) is 6.53. The molecule has 2 N–H and O–H groups in total. The van der Waals surface area contributed by atoms with E-state index < -0.39 is 0 Å². The monoisotopic (exact) mass is 347 g/mol. The Morgan fingerprint density at radius 1 is 1.08 bits per heavy atom. The van der Waals surface area contributed by atoms with Crippen molar-refractivity contribution in [2.75, 3.05) is 18.8 Å². The summed E-state index contributed by atoms with van der Waals surface area (Å²) in [5, 5.41) is 4.73. The number of aryl methyl sites for hydroxylation is 1. The molecule has 0 radical (unpaired) electrons. The SMILES string of the molecule is Cn1nc(-c2ccccc2)c2c1CCN(C(=O)c1ccc(N)nc1)CC2. The second kappa shape index (κ2) is 6.63. The minimum atomic E-state index is -0.000439. The molecule has 0 unspecified atom stereocenters. The smallest absolute Gasteiger partial charge is 0.255 e. The summed E-state index contributed by atoms with van der Waals surface area (Å²) in [7, 11) is 1.98. The summed E-state index contributed by atoms with van der Waals surface area (Å²) < 4.78 is 1.95. The Bertz CT molecular complexity index is 931. The molecule has 1 amide bonds. The molecular formula is C20H21N5O. The number of aromatic nitrogens is 3. The van der Waals surface area contributed by atoms with Gasteiger partial charge >= 0.3 is 0 Å². The Balaban J connectivity index is 1.60. The Hall–Kier alpha value is -3.15. The first-order valence-corrected chi connectivity index (χ1v) is 8.74. The quantitative estimate of drug-likeness (QED) is 0.772. The van der Waals surface area contributed by atoms with Crippen LogP contribution < -0.4 is 5.73 Å². The zero-order valence-electron chi connectivity index (χ0n) is 14.7. The topological polar surface area (TPSA) is 77.0 Å². The van der Waals surface area contributed by atoms with Crippen molar-refractivity contribution in [2.24, 2.45) is 7.05 Å². The van der Waals surface area contributed by atoms with E-state index in [1.165, 1.54) is 11.3 Å². The molecule has 0 aliphatic carbocycles. The second-order valence-electron chi connectivity index (χ2n) is 6.53. The lowest BCUT2D eigenvalue weighted by Crippen LogP contribution is -2.33. The van der Waals surface area contributed by atoms with Gasteiger partial charge < -0.3 is 10.6 Å². The predicted octanol–water partition coefficient (Wildman–Crippen LogP) is 2.31. The zero-order chi connectivity index (χ0) is 18.1. The van der Waals surface area contributed by atoms with Crippen molar-refractivity contribution in [3.8, 4) is 11.3 Å². The number of carbonyl (C=O) groups is 1. The lowest BCUT2D eigenvalue weighted by atomic mass is 10.0. The van der Waals surface area contributed by atoms with Gasteiger partial charge in [-0.25, -0.2) is 4.98 Å². The molecule has 1 aromatic carbocycles. The van der Waals surface area contributed by atoms with Gasteiger partial charge in [0.1, 0.15) is 5.82 Å². The van der Waals surface area contributed by atoms with E-state index in [0.717, 1.165) is 24.1 Å². The molecule has 0 spiro atoms. The highest BCUT2D eigenvalue weighted by Gasteiger charge is 2.25. The van der Waals surface area contributed by atoms with Crippen LogP contribution in [-0.2, 0) is 19.9 Å². The van der Waals surface area contributed by atoms with Crippen LogP contribution in [-0.4, -0.2) is 38.7 Å². The molecule has 26 heavy (non-hydrogen) atoms. The number of nitrogen functional groups attached to an aromatic ring is 1. The summed E-state index contributed by atoms with van der Waals surface area (Å²) in [6, 6.07) is 13.6. The Labute approximate surface area is 152 Å². The molecule has 6 heteroatoms. The van der Waals surface area contributed by atoms with Gasteiger partial charge in [-0.2, -0.15) is 5.10 Å². The van der Waals surface area contributed by atoms with Crippen LogP contribution >= 0.6 is 0 Å². The molecular weight excluding hydrogens is 326 g/mol. The number of nitrogens with two attached hydrogens (primary N) is 1. The van der Waals surface area contributed by atoms with E-state index >= 15 is 0 Å². The van der Waals surface area contributed by atoms with Gasteiger partial charge in [0, 0.05) is 49.6 Å². The fraction of sp³-hybridized carbons (Fsp3) is 0.250. The van der Waals surface area contributed by atoms with Crippen LogP contribution in [0.25, 0.3) is 11.3 Å². The maximum absolute atomic E-state index is 12.8. The highest BCUT2D eigenvalue weighted by Crippen LogP contribution is 2.28. The molecule has 0 bridgehead atoms. The lowest BCUT2D eigenvalue weighted by Gasteiger charge is -2.20. The normalized spacial score (nSPS) is 14.0. The average Bonchev–Trinajstić information content (AvgIpc) is 2.84. The van der Waals surface area contributed by atoms with Crippen LogP contribution in [0.5, 0.6) is 0 Å². The number of fused-ring (bicyclic) bond motifs is 1. The Kier molecular flexibility index (Phi) is 4.16. The first-order chi connectivity index (χ1) is 12.6. The maximum Gasteiger partial charge on any atom is 0.255 e. The number of hydrogen-bond donors (Lipinski definition) is 1. The summed E-state index contributed by atoms with van der Waals surface area (Å²) in [6.07, 6.45) is 3.13. The molecule has 1 aliphatic heterocycles. The number of carbonyl (C=O) groups excluding carboxylic acids is 1. The zero-order valence-corrected chi connectivity index (χ0v) is 14.7. The predicted molar refractivity (Wildman–Crippen MR) is 101 cm³/mol. The van der Waals surface area contributed by atoms with Crippen molar-refractivity contribution in [1.82, 2.24) is 19.7 Å². The van der Waals surface area contributed by atoms with E-state index in [-0.39, 0.29) is 5.91 Å². The number of pyridine rings is 1. The Morgan fingerprint density at radius 2 is 1.85 bits per heavy atom. The van der Waals surface area contributed by atoms with Crippen LogP contribution in [0.3, 0.4) is 0 Å². The number of benzene rings is 1. The molecule has 0 saturated carbocycles. The molecule has 1 aliphatic rings. The summed E-state index contributed by atoms with van der Waals surface area (Å²) >= 11 is 0. The van der Waals surface area contributed by atoms with E-state index in [0.29, 0.717) is 24.5 Å². The highest BCUT2D eigenvalue weighted by molar-refractivity contribution is 5.94. The molecule has 2 aromatic heterocycles. The van der Waals surface area contributed by atoms with E-state index in [1.807, 2.05) is 34.8 Å². The summed E-state index contributed by atoms with van der Waals surface area (Å²) in [6.45, 7) is 1.34. The third kappa shape index (κ3) is 2.94. The van der Waals surface area contributed by atoms with Crippen molar-refractivity contribution < 1.29 is 4.79 Å². The largest absolute Gasteiger partial charge is 0.384 e. The number of amides is 1. The first-order valence-electron chi connectivity index (χ1n) is 8.74. The minimum Gasteiger partial charge on any atom is -0.384 e. The Morgan fingerprint density at radius 3 is 2.58 bits per heavy atom. The summed E-state index contributed by atoms with van der Waals surface area (Å²) in [4.78, 5) is 18.7. The lowest BCUT2D eigenvalue weighted by molar-refractivity contribution is 0.0762. The summed E-state index contributed by atoms with van der Waals surface area (Å²) in [5.41, 5.74) is 10.8. The van der Waals surface area contributed by atoms with Crippen molar-refractivity contribution in [2.45, 2.75) is 12.8 Å². The molecule has 4 rings (SSSR count). The van der Waals surface area contributed by atoms with E-state index in [4.69, 9.17) is 10.8 Å². The summed E-state index contributed by atoms with van der Waals surface area (Å²) in [5.74, 6) is 0.419. The van der Waals surface area contributed by atoms with Gasteiger partial charge in [-0.05, 0) is 18.6 Å². The van der Waals surface area contributed by atoms with Gasteiger partial charge in [-0.1, -0.05) is 30.3 Å². The molecule has 3 heterocycles. The third-order valence-electron chi connectivity index (χ3n) is 4.89. The highest BCUT2D eigenvalue weighted by atomic mass is 16.2. The third-order valence-corrected chi connectivity index (χ3v) is 4.89. The van der Waals surface area contributed by atoms with Crippen molar-refractivity contribution in [3.63, 3.8) is 0 Å². The number of anilines is 1. The van der Waals surface area contributed by atoms with E-state index in [9.17, 15) is 4.79 Å². The molecule has 0 atom stereocenters. The minimum absolute atomic E-state index is 0.000439. The standard InChI is InChI=1S/C20H21N5O/c1-24-17-10-12-25(20(26)15-7-8-18(21)22-13-15)11-9-16(17)19(23-24)14-5-3-2-4-6-14/h2-8,13H,9-12H2,1H3,(H2,21,22).